The molecule has 16 heavy (non-hydrogen) atoms. The minimum absolute atomic E-state index is 0.0620. The largest absolute Gasteiger partial charge is 0.507 e. The first-order chi connectivity index (χ1) is 7.66. The van der Waals surface area contributed by atoms with E-state index in [0.29, 0.717) is 5.56 Å². The molecule has 78 valence electrons. The van der Waals surface area contributed by atoms with Gasteiger partial charge >= 0.3 is 0 Å². The molecule has 0 heterocycles. The monoisotopic (exact) mass is 210 g/mol. The molecule has 0 bridgehead atoms. The van der Waals surface area contributed by atoms with Crippen LogP contribution in [0.2, 0.25) is 0 Å². The Labute approximate surface area is 92.8 Å². The maximum atomic E-state index is 11.7. The van der Waals surface area contributed by atoms with Crippen LogP contribution in [-0.4, -0.2) is 10.9 Å². The van der Waals surface area contributed by atoms with Crippen LogP contribution in [0.4, 0.5) is 0 Å². The lowest BCUT2D eigenvalue weighted by atomic mass is 9.90. The molecule has 1 aliphatic rings. The van der Waals surface area contributed by atoms with Crippen molar-refractivity contribution >= 4 is 22.6 Å². The van der Waals surface area contributed by atoms with Gasteiger partial charge < -0.3 is 5.11 Å². The summed E-state index contributed by atoms with van der Waals surface area (Å²) >= 11 is 0. The van der Waals surface area contributed by atoms with E-state index in [1.54, 1.807) is 6.07 Å². The lowest BCUT2D eigenvalue weighted by molar-refractivity contribution is 0.104. The predicted octanol–water partition coefficient (Wildman–Crippen LogP) is 3.06. The molecule has 0 saturated carbocycles. The van der Waals surface area contributed by atoms with Crippen LogP contribution in [0.1, 0.15) is 21.5 Å². The van der Waals surface area contributed by atoms with E-state index in [-0.39, 0.29) is 11.5 Å². The molecule has 2 aromatic carbocycles. The first-order valence-electron chi connectivity index (χ1n) is 5.15. The van der Waals surface area contributed by atoms with Crippen molar-refractivity contribution in [1.82, 2.24) is 0 Å². The maximum absolute atomic E-state index is 11.7. The second kappa shape index (κ2) is 2.95. The Morgan fingerprint density at radius 3 is 2.75 bits per heavy atom. The molecule has 0 aromatic heterocycles. The van der Waals surface area contributed by atoms with Crippen LogP contribution in [0.15, 0.2) is 30.3 Å². The van der Waals surface area contributed by atoms with Gasteiger partial charge in [0.25, 0.3) is 0 Å². The smallest absolute Gasteiger partial charge is 0.190 e. The van der Waals surface area contributed by atoms with Crippen LogP contribution < -0.4 is 0 Å². The number of benzene rings is 2. The minimum atomic E-state index is -0.126. The standard InChI is InChI=1S/C14H10O2/c1-8-6-9-2-4-11(15)14-12(16)5-3-10(7-8)13(9)14/h2-7,15H,1H3. The van der Waals surface area contributed by atoms with Crippen molar-refractivity contribution in [2.45, 2.75) is 6.92 Å². The van der Waals surface area contributed by atoms with Gasteiger partial charge in [0.15, 0.2) is 5.78 Å². The van der Waals surface area contributed by atoms with Gasteiger partial charge in [0.05, 0.1) is 5.56 Å². The second-order valence-electron chi connectivity index (χ2n) is 4.11. The van der Waals surface area contributed by atoms with Crippen molar-refractivity contribution in [1.29, 1.82) is 0 Å². The number of carbonyl (C=O) groups is 1. The summed E-state index contributed by atoms with van der Waals surface area (Å²) in [6.07, 6.45) is 3.32. The maximum Gasteiger partial charge on any atom is 0.190 e. The number of phenols is 1. The summed E-state index contributed by atoms with van der Waals surface area (Å²) in [4.78, 5) is 11.7. The predicted molar refractivity (Wildman–Crippen MR) is 63.7 cm³/mol. The number of phenolic OH excluding ortho intramolecular Hbond substituents is 1. The third-order valence-electron chi connectivity index (χ3n) is 2.93. The molecule has 0 saturated heterocycles. The molecule has 0 atom stereocenters. The number of allylic oxidation sites excluding steroid dienone is 1. The fraction of sp³-hybridized carbons (Fsp3) is 0.0714. The molecule has 0 fully saturated rings. The normalized spacial score (nSPS) is 13.4. The Balaban J connectivity index is 2.58. The van der Waals surface area contributed by atoms with Gasteiger partial charge in [-0.3, -0.25) is 4.79 Å². The Morgan fingerprint density at radius 2 is 1.94 bits per heavy atom. The fourth-order valence-corrected chi connectivity index (χ4v) is 2.27. The number of aryl methyl sites for hydroxylation is 1. The summed E-state index contributed by atoms with van der Waals surface area (Å²) in [5.74, 6) is -0.0635. The SMILES string of the molecule is Cc1cc2c3c(c(O)ccc3c1)C(=O)C=C2. The zero-order valence-electron chi connectivity index (χ0n) is 8.82. The highest BCUT2D eigenvalue weighted by Gasteiger charge is 2.18. The van der Waals surface area contributed by atoms with E-state index in [1.807, 2.05) is 31.2 Å². The van der Waals surface area contributed by atoms with Crippen LogP contribution in [0.5, 0.6) is 5.75 Å². The van der Waals surface area contributed by atoms with Gasteiger partial charge in [0.1, 0.15) is 5.75 Å². The van der Waals surface area contributed by atoms with E-state index in [1.165, 1.54) is 6.08 Å². The van der Waals surface area contributed by atoms with Crippen LogP contribution in [-0.2, 0) is 0 Å². The topological polar surface area (TPSA) is 37.3 Å². The quantitative estimate of drug-likeness (QED) is 0.725. The van der Waals surface area contributed by atoms with Gasteiger partial charge in [-0.25, -0.2) is 0 Å². The highest BCUT2D eigenvalue weighted by Crippen LogP contribution is 2.34. The zero-order chi connectivity index (χ0) is 11.3. The van der Waals surface area contributed by atoms with Crippen LogP contribution in [0, 0.1) is 6.92 Å². The minimum Gasteiger partial charge on any atom is -0.507 e. The molecule has 1 aliphatic carbocycles. The third-order valence-corrected chi connectivity index (χ3v) is 2.93. The van der Waals surface area contributed by atoms with E-state index in [4.69, 9.17) is 0 Å². The molecule has 0 spiro atoms. The van der Waals surface area contributed by atoms with Gasteiger partial charge in [0, 0.05) is 5.39 Å². The lowest BCUT2D eigenvalue weighted by Crippen LogP contribution is -2.02. The molecule has 0 amide bonds. The zero-order valence-corrected chi connectivity index (χ0v) is 8.82. The molecule has 3 rings (SSSR count). The van der Waals surface area contributed by atoms with Gasteiger partial charge in [-0.05, 0) is 35.6 Å². The van der Waals surface area contributed by atoms with Crippen LogP contribution in [0.3, 0.4) is 0 Å². The highest BCUT2D eigenvalue weighted by atomic mass is 16.3. The van der Waals surface area contributed by atoms with Gasteiger partial charge in [-0.2, -0.15) is 0 Å². The molecule has 2 heteroatoms. The summed E-state index contributed by atoms with van der Waals surface area (Å²) in [6.45, 7) is 2.02. The van der Waals surface area contributed by atoms with E-state index < -0.39 is 0 Å². The molecule has 2 aromatic rings. The first kappa shape index (κ1) is 9.16. The molecule has 0 aliphatic heterocycles. The molecule has 0 unspecified atom stereocenters. The number of hydrogen-bond donors (Lipinski definition) is 1. The Kier molecular flexibility index (Phi) is 1.69. The Morgan fingerprint density at radius 1 is 1.12 bits per heavy atom. The number of carbonyl (C=O) groups excluding carboxylic acids is 1. The fourth-order valence-electron chi connectivity index (χ4n) is 2.27. The summed E-state index contributed by atoms with van der Waals surface area (Å²) in [7, 11) is 0. The highest BCUT2D eigenvalue weighted by molar-refractivity contribution is 6.21. The van der Waals surface area contributed by atoms with E-state index in [2.05, 4.69) is 0 Å². The third kappa shape index (κ3) is 1.10. The molecule has 2 nitrogen and oxygen atoms in total. The van der Waals surface area contributed by atoms with Crippen molar-refractivity contribution < 1.29 is 9.90 Å². The van der Waals surface area contributed by atoms with Crippen LogP contribution in [0.25, 0.3) is 16.8 Å². The van der Waals surface area contributed by atoms with Gasteiger partial charge in [0.2, 0.25) is 0 Å². The molecule has 1 N–H and O–H groups in total. The van der Waals surface area contributed by atoms with E-state index in [9.17, 15) is 9.90 Å². The van der Waals surface area contributed by atoms with Crippen molar-refractivity contribution in [3.63, 3.8) is 0 Å². The van der Waals surface area contributed by atoms with Crippen molar-refractivity contribution in [2.75, 3.05) is 0 Å². The summed E-state index contributed by atoms with van der Waals surface area (Å²) in [5, 5.41) is 11.6. The number of hydrogen-bond acceptors (Lipinski definition) is 2. The average molecular weight is 210 g/mol. The van der Waals surface area contributed by atoms with Crippen molar-refractivity contribution in [3.8, 4) is 5.75 Å². The van der Waals surface area contributed by atoms with Gasteiger partial charge in [-0.15, -0.1) is 0 Å². The second-order valence-corrected chi connectivity index (χ2v) is 4.11. The Bertz CT molecular complexity index is 651. The molecular weight excluding hydrogens is 200 g/mol. The number of ketones is 1. The number of aromatic hydroxyl groups is 1. The van der Waals surface area contributed by atoms with Crippen molar-refractivity contribution in [3.05, 3.63) is 47.0 Å². The van der Waals surface area contributed by atoms with Crippen molar-refractivity contribution in [2.24, 2.45) is 0 Å². The molecule has 0 radical (unpaired) electrons. The van der Waals surface area contributed by atoms with Gasteiger partial charge in [-0.1, -0.05) is 24.3 Å². The first-order valence-corrected chi connectivity index (χ1v) is 5.15. The van der Waals surface area contributed by atoms with Crippen LogP contribution >= 0.6 is 0 Å². The van der Waals surface area contributed by atoms with E-state index >= 15 is 0 Å². The summed E-state index contributed by atoms with van der Waals surface area (Å²) < 4.78 is 0. The van der Waals surface area contributed by atoms with E-state index in [0.717, 1.165) is 21.9 Å². The summed E-state index contributed by atoms with van der Waals surface area (Å²) in [6, 6.07) is 7.47. The lowest BCUT2D eigenvalue weighted by Gasteiger charge is -2.14. The Hall–Kier alpha value is -2.09. The number of rotatable bonds is 0. The average Bonchev–Trinajstić information content (AvgIpc) is 2.25. The summed E-state index contributed by atoms with van der Waals surface area (Å²) in [5.41, 5.74) is 2.58. The molecular formula is C14H10O2.